The molecule has 0 saturated carbocycles. The molecule has 0 radical (unpaired) electrons. The number of amides is 1. The zero-order valence-electron chi connectivity index (χ0n) is 14.9. The van der Waals surface area contributed by atoms with Crippen molar-refractivity contribution in [3.63, 3.8) is 0 Å². The average Bonchev–Trinajstić information content (AvgIpc) is 3.05. The van der Waals surface area contributed by atoms with Crippen LogP contribution in [0.3, 0.4) is 0 Å². The zero-order chi connectivity index (χ0) is 19.6. The SMILES string of the molecule is Cc1ccn(CC(=O)N2CCC[C@@H](C(=O)c3cccc(C(F)(F)F)c3)C2)n1. The lowest BCUT2D eigenvalue weighted by molar-refractivity contribution is -0.137. The van der Waals surface area contributed by atoms with Crippen LogP contribution in [0.1, 0.15) is 34.5 Å². The number of aromatic nitrogens is 2. The lowest BCUT2D eigenvalue weighted by atomic mass is 9.89. The molecule has 1 fully saturated rings. The first-order valence-corrected chi connectivity index (χ1v) is 8.73. The molecule has 1 atom stereocenters. The summed E-state index contributed by atoms with van der Waals surface area (Å²) in [5.41, 5.74) is -0.00276. The fraction of sp³-hybridized carbons (Fsp3) is 0.421. The van der Waals surface area contributed by atoms with Gasteiger partial charge in [-0.1, -0.05) is 12.1 Å². The number of piperidine rings is 1. The lowest BCUT2D eigenvalue weighted by Gasteiger charge is -2.32. The van der Waals surface area contributed by atoms with E-state index >= 15 is 0 Å². The number of hydrogen-bond donors (Lipinski definition) is 0. The number of carbonyl (C=O) groups excluding carboxylic acids is 2. The molecule has 1 aromatic carbocycles. The van der Waals surface area contributed by atoms with Crippen molar-refractivity contribution >= 4 is 11.7 Å². The molecule has 3 rings (SSSR count). The summed E-state index contributed by atoms with van der Waals surface area (Å²) < 4.78 is 40.2. The molecular weight excluding hydrogens is 359 g/mol. The topological polar surface area (TPSA) is 55.2 Å². The third kappa shape index (κ3) is 4.56. The summed E-state index contributed by atoms with van der Waals surface area (Å²) >= 11 is 0. The first kappa shape index (κ1) is 19.1. The van der Waals surface area contributed by atoms with Gasteiger partial charge in [-0.05, 0) is 38.0 Å². The van der Waals surface area contributed by atoms with Crippen LogP contribution in [-0.2, 0) is 17.5 Å². The summed E-state index contributed by atoms with van der Waals surface area (Å²) in [4.78, 5) is 26.8. The molecule has 0 bridgehead atoms. The third-order valence-electron chi connectivity index (χ3n) is 4.69. The van der Waals surface area contributed by atoms with Gasteiger partial charge in [0.15, 0.2) is 5.78 Å². The Kier molecular flexibility index (Phi) is 5.34. The molecule has 0 N–H and O–H groups in total. The molecule has 144 valence electrons. The molecule has 1 aliphatic heterocycles. The van der Waals surface area contributed by atoms with Crippen molar-refractivity contribution in [1.29, 1.82) is 0 Å². The van der Waals surface area contributed by atoms with E-state index in [2.05, 4.69) is 5.10 Å². The number of nitrogens with zero attached hydrogens (tertiary/aromatic N) is 3. The Morgan fingerprint density at radius 1 is 1.26 bits per heavy atom. The molecule has 0 aliphatic carbocycles. The van der Waals surface area contributed by atoms with E-state index in [0.29, 0.717) is 19.4 Å². The predicted octanol–water partition coefficient (Wildman–Crippen LogP) is 3.33. The second kappa shape index (κ2) is 7.54. The van der Waals surface area contributed by atoms with E-state index in [4.69, 9.17) is 0 Å². The Balaban J connectivity index is 1.68. The Labute approximate surface area is 154 Å². The largest absolute Gasteiger partial charge is 0.416 e. The van der Waals surface area contributed by atoms with E-state index in [-0.39, 0.29) is 30.3 Å². The molecule has 1 aromatic heterocycles. The number of rotatable bonds is 4. The Bertz CT molecular complexity index is 845. The number of Topliss-reactive ketones (excluding diaryl/α,β-unsaturated/α-hetero) is 1. The molecule has 5 nitrogen and oxygen atoms in total. The van der Waals surface area contributed by atoms with Crippen molar-refractivity contribution in [2.24, 2.45) is 5.92 Å². The van der Waals surface area contributed by atoms with Crippen LogP contribution < -0.4 is 0 Å². The van der Waals surface area contributed by atoms with Crippen LogP contribution in [0.5, 0.6) is 0 Å². The summed E-state index contributed by atoms with van der Waals surface area (Å²) in [6, 6.07) is 6.26. The van der Waals surface area contributed by atoms with Gasteiger partial charge in [-0.25, -0.2) is 0 Å². The van der Waals surface area contributed by atoms with Crippen molar-refractivity contribution < 1.29 is 22.8 Å². The number of likely N-dealkylation sites (tertiary alicyclic amines) is 1. The number of aryl methyl sites for hydroxylation is 1. The number of benzene rings is 1. The van der Waals surface area contributed by atoms with Crippen LogP contribution in [0.2, 0.25) is 0 Å². The summed E-state index contributed by atoms with van der Waals surface area (Å²) in [5.74, 6) is -1.00. The molecule has 1 saturated heterocycles. The van der Waals surface area contributed by atoms with Gasteiger partial charge in [-0.3, -0.25) is 14.3 Å². The van der Waals surface area contributed by atoms with Crippen molar-refractivity contribution in [2.75, 3.05) is 13.1 Å². The summed E-state index contributed by atoms with van der Waals surface area (Å²) in [6.45, 7) is 2.66. The summed E-state index contributed by atoms with van der Waals surface area (Å²) in [6.07, 6.45) is -1.59. The minimum absolute atomic E-state index is 0.0341. The van der Waals surface area contributed by atoms with Crippen molar-refractivity contribution in [2.45, 2.75) is 32.5 Å². The molecule has 8 heteroatoms. The van der Waals surface area contributed by atoms with Gasteiger partial charge in [0.05, 0.1) is 11.3 Å². The maximum atomic E-state index is 12.9. The second-order valence-electron chi connectivity index (χ2n) is 6.78. The number of carbonyl (C=O) groups is 2. The van der Waals surface area contributed by atoms with E-state index in [0.717, 1.165) is 17.8 Å². The predicted molar refractivity (Wildman–Crippen MR) is 92.0 cm³/mol. The Hall–Kier alpha value is -2.64. The van der Waals surface area contributed by atoms with E-state index < -0.39 is 17.7 Å². The second-order valence-corrected chi connectivity index (χ2v) is 6.78. The van der Waals surface area contributed by atoms with Crippen LogP contribution in [0, 0.1) is 12.8 Å². The van der Waals surface area contributed by atoms with E-state index in [1.54, 1.807) is 17.2 Å². The minimum Gasteiger partial charge on any atom is -0.340 e. The fourth-order valence-electron chi connectivity index (χ4n) is 3.29. The molecule has 0 unspecified atom stereocenters. The highest BCUT2D eigenvalue weighted by Crippen LogP contribution is 2.30. The number of ketones is 1. The average molecular weight is 379 g/mol. The van der Waals surface area contributed by atoms with E-state index in [9.17, 15) is 22.8 Å². The minimum atomic E-state index is -4.49. The maximum Gasteiger partial charge on any atom is 0.416 e. The molecule has 1 amide bonds. The molecular formula is C19H20F3N3O2. The molecule has 1 aliphatic rings. The van der Waals surface area contributed by atoms with Gasteiger partial charge in [0.1, 0.15) is 6.54 Å². The first-order valence-electron chi connectivity index (χ1n) is 8.73. The highest BCUT2D eigenvalue weighted by Gasteiger charge is 2.33. The smallest absolute Gasteiger partial charge is 0.340 e. The van der Waals surface area contributed by atoms with Crippen molar-refractivity contribution in [3.05, 3.63) is 53.3 Å². The van der Waals surface area contributed by atoms with Crippen molar-refractivity contribution in [1.82, 2.24) is 14.7 Å². The molecule has 27 heavy (non-hydrogen) atoms. The van der Waals surface area contributed by atoms with Gasteiger partial charge in [0.25, 0.3) is 0 Å². The monoisotopic (exact) mass is 379 g/mol. The molecule has 2 heterocycles. The normalized spacial score (nSPS) is 17.8. The van der Waals surface area contributed by atoms with Crippen molar-refractivity contribution in [3.8, 4) is 0 Å². The van der Waals surface area contributed by atoms with Crippen LogP contribution in [0.4, 0.5) is 13.2 Å². The van der Waals surface area contributed by atoms with Crippen LogP contribution in [0.25, 0.3) is 0 Å². The lowest BCUT2D eigenvalue weighted by Crippen LogP contribution is -2.43. The Morgan fingerprint density at radius 2 is 2.04 bits per heavy atom. The van der Waals surface area contributed by atoms with Crippen LogP contribution >= 0.6 is 0 Å². The first-order chi connectivity index (χ1) is 12.7. The standard InChI is InChI=1S/C19H20F3N3O2/c1-13-7-9-25(23-13)12-17(26)24-8-3-5-15(11-24)18(27)14-4-2-6-16(10-14)19(20,21)22/h2,4,6-7,9-10,15H,3,5,8,11-12H2,1H3/t15-/m1/s1. The molecule has 2 aromatic rings. The van der Waals surface area contributed by atoms with E-state index in [1.807, 2.05) is 6.92 Å². The summed E-state index contributed by atoms with van der Waals surface area (Å²) in [5, 5.41) is 4.18. The maximum absolute atomic E-state index is 12.9. The van der Waals surface area contributed by atoms with Gasteiger partial charge >= 0.3 is 6.18 Å². The molecule has 0 spiro atoms. The van der Waals surface area contributed by atoms with Gasteiger partial charge in [-0.2, -0.15) is 18.3 Å². The Morgan fingerprint density at radius 3 is 2.70 bits per heavy atom. The fourth-order valence-corrected chi connectivity index (χ4v) is 3.29. The highest BCUT2D eigenvalue weighted by atomic mass is 19.4. The number of hydrogen-bond acceptors (Lipinski definition) is 3. The van der Waals surface area contributed by atoms with Gasteiger partial charge in [0, 0.05) is 30.8 Å². The number of halogens is 3. The quantitative estimate of drug-likeness (QED) is 0.766. The highest BCUT2D eigenvalue weighted by molar-refractivity contribution is 5.98. The van der Waals surface area contributed by atoms with Gasteiger partial charge in [-0.15, -0.1) is 0 Å². The number of alkyl halides is 3. The van der Waals surface area contributed by atoms with E-state index in [1.165, 1.54) is 16.8 Å². The van der Waals surface area contributed by atoms with Crippen LogP contribution in [0.15, 0.2) is 36.5 Å². The van der Waals surface area contributed by atoms with Gasteiger partial charge < -0.3 is 4.90 Å². The van der Waals surface area contributed by atoms with Crippen LogP contribution in [-0.4, -0.2) is 39.5 Å². The van der Waals surface area contributed by atoms with Gasteiger partial charge in [0.2, 0.25) is 5.91 Å². The third-order valence-corrected chi connectivity index (χ3v) is 4.69. The summed E-state index contributed by atoms with van der Waals surface area (Å²) in [7, 11) is 0. The zero-order valence-corrected chi connectivity index (χ0v) is 14.9.